The van der Waals surface area contributed by atoms with Crippen molar-refractivity contribution < 1.29 is 18.4 Å². The number of aryl methyl sites for hydroxylation is 1. The minimum Gasteiger partial charge on any atom is -0.482 e. The van der Waals surface area contributed by atoms with Crippen molar-refractivity contribution in [2.24, 2.45) is 0 Å². The molecule has 104 valence electrons. The first-order valence-electron chi connectivity index (χ1n) is 5.80. The lowest BCUT2D eigenvalue weighted by molar-refractivity contribution is -0.386. The van der Waals surface area contributed by atoms with E-state index in [4.69, 9.17) is 4.74 Å². The largest absolute Gasteiger partial charge is 0.482 e. The molecule has 0 atom stereocenters. The van der Waals surface area contributed by atoms with Crippen molar-refractivity contribution in [3.8, 4) is 5.75 Å². The van der Waals surface area contributed by atoms with Crippen molar-refractivity contribution in [2.45, 2.75) is 13.5 Å². The number of nitrogens with zero attached hydrogens (tertiary/aromatic N) is 1. The molecule has 2 aromatic rings. The van der Waals surface area contributed by atoms with Crippen LogP contribution in [0.2, 0.25) is 0 Å². The quantitative estimate of drug-likeness (QED) is 0.632. The molecule has 0 unspecified atom stereocenters. The fraction of sp³-hybridized carbons (Fsp3) is 0.143. The van der Waals surface area contributed by atoms with Crippen LogP contribution in [-0.4, -0.2) is 4.92 Å². The minimum atomic E-state index is -1.01. The first-order chi connectivity index (χ1) is 9.49. The van der Waals surface area contributed by atoms with Crippen LogP contribution in [0.4, 0.5) is 14.5 Å². The molecule has 0 radical (unpaired) electrons. The number of hydrogen-bond acceptors (Lipinski definition) is 3. The highest BCUT2D eigenvalue weighted by molar-refractivity contribution is 5.48. The third kappa shape index (κ3) is 2.90. The molecular formula is C14H11F2NO3. The first-order valence-corrected chi connectivity index (χ1v) is 5.80. The number of rotatable bonds is 4. The minimum absolute atomic E-state index is 0.000118. The molecular weight excluding hydrogens is 268 g/mol. The maximum absolute atomic E-state index is 13.4. The lowest BCUT2D eigenvalue weighted by atomic mass is 10.2. The Labute approximate surface area is 113 Å². The van der Waals surface area contributed by atoms with Crippen molar-refractivity contribution in [2.75, 3.05) is 0 Å². The van der Waals surface area contributed by atoms with Gasteiger partial charge in [0.25, 0.3) is 0 Å². The third-order valence-corrected chi connectivity index (χ3v) is 2.73. The lowest BCUT2D eigenvalue weighted by Gasteiger charge is -2.08. The number of nitro groups is 1. The first kappa shape index (κ1) is 13.9. The Hall–Kier alpha value is -2.50. The second kappa shape index (κ2) is 5.64. The molecule has 20 heavy (non-hydrogen) atoms. The molecule has 0 bridgehead atoms. The number of nitro benzene ring substituents is 1. The SMILES string of the molecule is Cc1ccc(OCc2cccc(F)c2F)c([N+](=O)[O-])c1. The second-order valence-corrected chi connectivity index (χ2v) is 4.23. The standard InChI is InChI=1S/C14H11F2NO3/c1-9-5-6-13(12(7-9)17(18)19)20-8-10-3-2-4-11(15)14(10)16/h2-7H,8H2,1H3. The van der Waals surface area contributed by atoms with Crippen molar-refractivity contribution in [3.63, 3.8) is 0 Å². The Balaban J connectivity index is 2.23. The van der Waals surface area contributed by atoms with Crippen molar-refractivity contribution in [1.82, 2.24) is 0 Å². The van der Waals surface area contributed by atoms with Crippen LogP contribution in [-0.2, 0) is 6.61 Å². The van der Waals surface area contributed by atoms with E-state index in [0.717, 1.165) is 6.07 Å². The van der Waals surface area contributed by atoms with Crippen LogP contribution in [0.3, 0.4) is 0 Å². The maximum Gasteiger partial charge on any atom is 0.311 e. The Bertz CT molecular complexity index is 659. The maximum atomic E-state index is 13.4. The van der Waals surface area contributed by atoms with E-state index in [1.165, 1.54) is 24.3 Å². The van der Waals surface area contributed by atoms with Gasteiger partial charge in [0.2, 0.25) is 0 Å². The van der Waals surface area contributed by atoms with Crippen LogP contribution in [0.1, 0.15) is 11.1 Å². The van der Waals surface area contributed by atoms with Crippen LogP contribution in [0.25, 0.3) is 0 Å². The average Bonchev–Trinajstić information content (AvgIpc) is 2.41. The summed E-state index contributed by atoms with van der Waals surface area (Å²) < 4.78 is 31.7. The van der Waals surface area contributed by atoms with Gasteiger partial charge in [-0.25, -0.2) is 8.78 Å². The van der Waals surface area contributed by atoms with Gasteiger partial charge in [0.1, 0.15) is 6.61 Å². The Morgan fingerprint density at radius 1 is 1.25 bits per heavy atom. The number of ether oxygens (including phenoxy) is 1. The number of halogens is 2. The summed E-state index contributed by atoms with van der Waals surface area (Å²) in [5.41, 5.74) is 0.502. The highest BCUT2D eigenvalue weighted by atomic mass is 19.2. The Morgan fingerprint density at radius 3 is 2.70 bits per heavy atom. The molecule has 0 aliphatic rings. The zero-order valence-electron chi connectivity index (χ0n) is 10.6. The van der Waals surface area contributed by atoms with Gasteiger partial charge in [-0.15, -0.1) is 0 Å². The molecule has 4 nitrogen and oxygen atoms in total. The van der Waals surface area contributed by atoms with E-state index in [1.54, 1.807) is 13.0 Å². The predicted molar refractivity (Wildman–Crippen MR) is 68.5 cm³/mol. The molecule has 0 amide bonds. The molecule has 0 aromatic heterocycles. The van der Waals surface area contributed by atoms with Crippen molar-refractivity contribution >= 4 is 5.69 Å². The molecule has 0 heterocycles. The van der Waals surface area contributed by atoms with E-state index < -0.39 is 16.6 Å². The number of benzene rings is 2. The molecule has 6 heteroatoms. The summed E-state index contributed by atoms with van der Waals surface area (Å²) in [7, 11) is 0. The Kier molecular flexibility index (Phi) is 3.93. The molecule has 2 aromatic carbocycles. The van der Waals surface area contributed by atoms with Crippen LogP contribution in [0, 0.1) is 28.7 Å². The third-order valence-electron chi connectivity index (χ3n) is 2.73. The van der Waals surface area contributed by atoms with Gasteiger partial charge in [0.15, 0.2) is 17.4 Å². The fourth-order valence-corrected chi connectivity index (χ4v) is 1.71. The highest BCUT2D eigenvalue weighted by Gasteiger charge is 2.16. The molecule has 0 N–H and O–H groups in total. The fourth-order valence-electron chi connectivity index (χ4n) is 1.71. The lowest BCUT2D eigenvalue weighted by Crippen LogP contribution is -2.02. The van der Waals surface area contributed by atoms with Gasteiger partial charge in [-0.2, -0.15) is 0 Å². The normalized spacial score (nSPS) is 10.3. The summed E-state index contributed by atoms with van der Waals surface area (Å²) in [5, 5.41) is 10.9. The van der Waals surface area contributed by atoms with Crippen molar-refractivity contribution in [3.05, 3.63) is 69.3 Å². The van der Waals surface area contributed by atoms with Crippen LogP contribution in [0.15, 0.2) is 36.4 Å². The smallest absolute Gasteiger partial charge is 0.311 e. The molecule has 0 saturated carbocycles. The van der Waals surface area contributed by atoms with E-state index in [0.29, 0.717) is 5.56 Å². The second-order valence-electron chi connectivity index (χ2n) is 4.23. The van der Waals surface area contributed by atoms with Crippen LogP contribution in [0.5, 0.6) is 5.75 Å². The monoisotopic (exact) mass is 279 g/mol. The molecule has 0 spiro atoms. The van der Waals surface area contributed by atoms with Crippen LogP contribution >= 0.6 is 0 Å². The van der Waals surface area contributed by atoms with Gasteiger partial charge in [-0.3, -0.25) is 10.1 Å². The van der Waals surface area contributed by atoms with E-state index in [2.05, 4.69) is 0 Å². The summed E-state index contributed by atoms with van der Waals surface area (Å²) in [6, 6.07) is 8.14. The molecule has 2 rings (SSSR count). The van der Waals surface area contributed by atoms with E-state index in [9.17, 15) is 18.9 Å². The van der Waals surface area contributed by atoms with Gasteiger partial charge in [-0.1, -0.05) is 18.2 Å². The summed E-state index contributed by atoms with van der Waals surface area (Å²) >= 11 is 0. The number of hydrogen-bond donors (Lipinski definition) is 0. The predicted octanol–water partition coefficient (Wildman–Crippen LogP) is 3.76. The van der Waals surface area contributed by atoms with E-state index in [1.807, 2.05) is 0 Å². The zero-order valence-corrected chi connectivity index (χ0v) is 10.6. The highest BCUT2D eigenvalue weighted by Crippen LogP contribution is 2.28. The molecule has 0 fully saturated rings. The van der Waals surface area contributed by atoms with Crippen molar-refractivity contribution in [1.29, 1.82) is 0 Å². The Morgan fingerprint density at radius 2 is 2.00 bits per heavy atom. The summed E-state index contributed by atoms with van der Waals surface area (Å²) in [5.74, 6) is -1.98. The van der Waals surface area contributed by atoms with Gasteiger partial charge in [0.05, 0.1) is 4.92 Å². The zero-order chi connectivity index (χ0) is 14.7. The van der Waals surface area contributed by atoms with Gasteiger partial charge in [-0.05, 0) is 24.6 Å². The van der Waals surface area contributed by atoms with E-state index >= 15 is 0 Å². The molecule has 0 aliphatic heterocycles. The summed E-state index contributed by atoms with van der Waals surface area (Å²) in [6.07, 6.45) is 0. The molecule has 0 saturated heterocycles. The molecule has 0 aliphatic carbocycles. The summed E-state index contributed by atoms with van der Waals surface area (Å²) in [4.78, 5) is 10.3. The average molecular weight is 279 g/mol. The van der Waals surface area contributed by atoms with Crippen LogP contribution < -0.4 is 4.74 Å². The topological polar surface area (TPSA) is 52.4 Å². The summed E-state index contributed by atoms with van der Waals surface area (Å²) in [6.45, 7) is 1.43. The van der Waals surface area contributed by atoms with E-state index in [-0.39, 0.29) is 23.6 Å². The van der Waals surface area contributed by atoms with Gasteiger partial charge >= 0.3 is 5.69 Å². The van der Waals surface area contributed by atoms with Gasteiger partial charge in [0, 0.05) is 11.6 Å². The van der Waals surface area contributed by atoms with Gasteiger partial charge < -0.3 is 4.74 Å².